The van der Waals surface area contributed by atoms with E-state index in [1.165, 1.54) is 0 Å². The Morgan fingerprint density at radius 3 is 2.57 bits per heavy atom. The van der Waals surface area contributed by atoms with Crippen LogP contribution in [-0.2, 0) is 0 Å². The van der Waals surface area contributed by atoms with Crippen molar-refractivity contribution in [3.05, 3.63) is 34.9 Å². The highest BCUT2D eigenvalue weighted by Gasteiger charge is 2.35. The molecule has 0 spiro atoms. The molecule has 14 heavy (non-hydrogen) atoms. The lowest BCUT2D eigenvalue weighted by atomic mass is 10.1. The molecule has 0 unspecified atom stereocenters. The number of hydrogen-bond donors (Lipinski definition) is 0. The maximum absolute atomic E-state index is 12.5. The van der Waals surface area contributed by atoms with Gasteiger partial charge in [0.05, 0.1) is 11.6 Å². The van der Waals surface area contributed by atoms with Crippen molar-refractivity contribution < 1.29 is 13.2 Å². The van der Waals surface area contributed by atoms with Gasteiger partial charge in [0, 0.05) is 12.0 Å². The first kappa shape index (κ1) is 10.6. The van der Waals surface area contributed by atoms with E-state index in [2.05, 4.69) is 0 Å². The molecule has 0 N–H and O–H groups in total. The molecule has 0 fully saturated rings. The van der Waals surface area contributed by atoms with Crippen LogP contribution in [0.15, 0.2) is 34.9 Å². The van der Waals surface area contributed by atoms with Crippen LogP contribution >= 0.6 is 0 Å². The molecule has 1 aliphatic rings. The molecule has 0 saturated carbocycles. The Labute approximate surface area is 79.8 Å². The van der Waals surface area contributed by atoms with Crippen LogP contribution in [0.25, 0.3) is 0 Å². The SMILES string of the molecule is CC1=CC(C(F)(F)F)=C(C#N)CC=C1. The highest BCUT2D eigenvalue weighted by Crippen LogP contribution is 2.32. The van der Waals surface area contributed by atoms with Gasteiger partial charge in [0.2, 0.25) is 0 Å². The van der Waals surface area contributed by atoms with Crippen LogP contribution < -0.4 is 0 Å². The third-order valence-corrected chi connectivity index (χ3v) is 1.84. The van der Waals surface area contributed by atoms with Gasteiger partial charge in [-0.25, -0.2) is 0 Å². The predicted molar refractivity (Wildman–Crippen MR) is 46.2 cm³/mol. The second-order valence-corrected chi connectivity index (χ2v) is 3.00. The normalized spacial score (nSPS) is 17.5. The fraction of sp³-hybridized carbons (Fsp3) is 0.300. The molecule has 0 aliphatic heterocycles. The number of allylic oxidation sites excluding steroid dienone is 6. The van der Waals surface area contributed by atoms with Crippen molar-refractivity contribution in [2.75, 3.05) is 0 Å². The van der Waals surface area contributed by atoms with Crippen molar-refractivity contribution in [3.63, 3.8) is 0 Å². The quantitative estimate of drug-likeness (QED) is 0.587. The van der Waals surface area contributed by atoms with E-state index in [0.29, 0.717) is 5.57 Å². The minimum Gasteiger partial charge on any atom is -0.193 e. The Balaban J connectivity index is 3.26. The van der Waals surface area contributed by atoms with Gasteiger partial charge in [-0.3, -0.25) is 0 Å². The van der Waals surface area contributed by atoms with Gasteiger partial charge < -0.3 is 0 Å². The van der Waals surface area contributed by atoms with Crippen molar-refractivity contribution >= 4 is 0 Å². The van der Waals surface area contributed by atoms with Crippen LogP contribution in [0.2, 0.25) is 0 Å². The summed E-state index contributed by atoms with van der Waals surface area (Å²) in [6.07, 6.45) is -0.265. The topological polar surface area (TPSA) is 23.8 Å². The van der Waals surface area contributed by atoms with Crippen LogP contribution in [0.4, 0.5) is 13.2 Å². The molecular formula is C10H8F3N. The van der Waals surface area contributed by atoms with Crippen molar-refractivity contribution in [2.45, 2.75) is 19.5 Å². The summed E-state index contributed by atoms with van der Waals surface area (Å²) in [6.45, 7) is 1.57. The van der Waals surface area contributed by atoms with Crippen molar-refractivity contribution in [2.24, 2.45) is 0 Å². The highest BCUT2D eigenvalue weighted by atomic mass is 19.4. The second kappa shape index (κ2) is 3.70. The molecule has 0 saturated heterocycles. The Morgan fingerprint density at radius 2 is 2.07 bits per heavy atom. The number of alkyl halides is 3. The van der Waals surface area contributed by atoms with Gasteiger partial charge >= 0.3 is 6.18 Å². The zero-order valence-electron chi connectivity index (χ0n) is 7.52. The first-order valence-electron chi connectivity index (χ1n) is 4.00. The monoisotopic (exact) mass is 199 g/mol. The van der Waals surface area contributed by atoms with Crippen molar-refractivity contribution in [1.29, 1.82) is 5.26 Å². The summed E-state index contributed by atoms with van der Waals surface area (Å²) < 4.78 is 37.4. The Bertz CT molecular complexity index is 364. The molecule has 0 radical (unpaired) electrons. The number of rotatable bonds is 0. The molecule has 4 heteroatoms. The first-order valence-corrected chi connectivity index (χ1v) is 4.00. The summed E-state index contributed by atoms with van der Waals surface area (Å²) in [4.78, 5) is 0. The maximum atomic E-state index is 12.5. The lowest BCUT2D eigenvalue weighted by molar-refractivity contribution is -0.0888. The maximum Gasteiger partial charge on any atom is 0.417 e. The Hall–Kier alpha value is -1.50. The van der Waals surface area contributed by atoms with E-state index in [1.54, 1.807) is 25.1 Å². The lowest BCUT2D eigenvalue weighted by Crippen LogP contribution is -2.12. The molecule has 0 aromatic heterocycles. The largest absolute Gasteiger partial charge is 0.417 e. The molecule has 0 bridgehead atoms. The molecule has 0 aromatic rings. The van der Waals surface area contributed by atoms with E-state index in [1.807, 2.05) is 0 Å². The predicted octanol–water partition coefficient (Wildman–Crippen LogP) is 3.28. The van der Waals surface area contributed by atoms with E-state index in [4.69, 9.17) is 5.26 Å². The summed E-state index contributed by atoms with van der Waals surface area (Å²) in [6, 6.07) is 1.58. The highest BCUT2D eigenvalue weighted by molar-refractivity contribution is 5.44. The standard InChI is InChI=1S/C10H8F3N/c1-7-3-2-4-8(6-14)9(5-7)10(11,12)13/h2-3,5H,4H2,1H3. The second-order valence-electron chi connectivity index (χ2n) is 3.00. The van der Waals surface area contributed by atoms with Crippen LogP contribution in [0, 0.1) is 11.3 Å². The molecular weight excluding hydrogens is 191 g/mol. The number of nitriles is 1. The summed E-state index contributed by atoms with van der Waals surface area (Å²) in [5.74, 6) is 0. The molecule has 0 heterocycles. The van der Waals surface area contributed by atoms with Gasteiger partial charge in [0.25, 0.3) is 0 Å². The smallest absolute Gasteiger partial charge is 0.193 e. The summed E-state index contributed by atoms with van der Waals surface area (Å²) >= 11 is 0. The molecule has 1 nitrogen and oxygen atoms in total. The van der Waals surface area contributed by atoms with Crippen molar-refractivity contribution in [3.8, 4) is 6.07 Å². The van der Waals surface area contributed by atoms with E-state index in [0.717, 1.165) is 6.08 Å². The average molecular weight is 199 g/mol. The number of halogens is 3. The number of hydrogen-bond acceptors (Lipinski definition) is 1. The first-order chi connectivity index (χ1) is 6.45. The third-order valence-electron chi connectivity index (χ3n) is 1.84. The summed E-state index contributed by atoms with van der Waals surface area (Å²) in [7, 11) is 0. The van der Waals surface area contributed by atoms with Crippen LogP contribution in [-0.4, -0.2) is 6.18 Å². The van der Waals surface area contributed by atoms with E-state index >= 15 is 0 Å². The van der Waals surface area contributed by atoms with Gasteiger partial charge in [-0.15, -0.1) is 0 Å². The fourth-order valence-electron chi connectivity index (χ4n) is 1.19. The minimum absolute atomic E-state index is 0.0409. The van der Waals surface area contributed by atoms with E-state index < -0.39 is 11.7 Å². The van der Waals surface area contributed by atoms with Gasteiger partial charge in [-0.2, -0.15) is 18.4 Å². The molecule has 0 aromatic carbocycles. The molecule has 1 rings (SSSR count). The van der Waals surface area contributed by atoms with Crippen LogP contribution in [0.3, 0.4) is 0 Å². The Morgan fingerprint density at radius 1 is 1.43 bits per heavy atom. The lowest BCUT2D eigenvalue weighted by Gasteiger charge is -2.09. The van der Waals surface area contributed by atoms with Gasteiger partial charge in [-0.1, -0.05) is 17.7 Å². The minimum atomic E-state index is -4.45. The zero-order chi connectivity index (χ0) is 10.8. The molecule has 0 amide bonds. The molecule has 1 aliphatic carbocycles. The van der Waals surface area contributed by atoms with E-state index in [-0.39, 0.29) is 12.0 Å². The average Bonchev–Trinajstić information content (AvgIpc) is 2.25. The van der Waals surface area contributed by atoms with Crippen LogP contribution in [0.5, 0.6) is 0 Å². The van der Waals surface area contributed by atoms with Gasteiger partial charge in [0.15, 0.2) is 0 Å². The van der Waals surface area contributed by atoms with Crippen molar-refractivity contribution in [1.82, 2.24) is 0 Å². The van der Waals surface area contributed by atoms with Gasteiger partial charge in [0.1, 0.15) is 0 Å². The van der Waals surface area contributed by atoms with Crippen LogP contribution in [0.1, 0.15) is 13.3 Å². The third kappa shape index (κ3) is 2.25. The number of nitrogens with zero attached hydrogens (tertiary/aromatic N) is 1. The fourth-order valence-corrected chi connectivity index (χ4v) is 1.19. The Kier molecular flexibility index (Phi) is 2.80. The van der Waals surface area contributed by atoms with Gasteiger partial charge in [-0.05, 0) is 13.0 Å². The molecule has 0 atom stereocenters. The summed E-state index contributed by atoms with van der Waals surface area (Å²) in [5.41, 5.74) is -0.560. The zero-order valence-corrected chi connectivity index (χ0v) is 7.52. The summed E-state index contributed by atoms with van der Waals surface area (Å²) in [5, 5.41) is 8.57. The molecule has 74 valence electrons. The van der Waals surface area contributed by atoms with E-state index in [9.17, 15) is 13.2 Å².